The van der Waals surface area contributed by atoms with Gasteiger partial charge in [-0.1, -0.05) is 18.2 Å². The van der Waals surface area contributed by atoms with Crippen LogP contribution in [-0.2, 0) is 6.54 Å². The highest BCUT2D eigenvalue weighted by atomic mass is 19.1. The molecule has 1 atom stereocenters. The average molecular weight is 395 g/mol. The van der Waals surface area contributed by atoms with Gasteiger partial charge >= 0.3 is 0 Å². The van der Waals surface area contributed by atoms with Gasteiger partial charge in [0.15, 0.2) is 17.5 Å². The Hall–Kier alpha value is -3.35. The number of nitrogens with zero attached hydrogens (tertiary/aromatic N) is 3. The number of guanidine groups is 1. The van der Waals surface area contributed by atoms with Crippen LogP contribution >= 0.6 is 0 Å². The molecule has 0 aliphatic rings. The molecule has 6 nitrogen and oxygen atoms in total. The van der Waals surface area contributed by atoms with Gasteiger partial charge in [0.25, 0.3) is 0 Å². The smallest absolute Gasteiger partial charge is 0.191 e. The molecule has 2 N–H and O–H groups in total. The Bertz CT molecular complexity index is 956. The van der Waals surface area contributed by atoms with Gasteiger partial charge in [0, 0.05) is 26.0 Å². The largest absolute Gasteiger partial charge is 0.491 e. The van der Waals surface area contributed by atoms with Crippen LogP contribution in [0.3, 0.4) is 0 Å². The monoisotopic (exact) mass is 395 g/mol. The van der Waals surface area contributed by atoms with Crippen LogP contribution in [0.25, 0.3) is 5.69 Å². The number of hydrogen-bond acceptors (Lipinski definition) is 3. The molecular weight excluding hydrogens is 369 g/mol. The minimum absolute atomic E-state index is 0.0220. The highest BCUT2D eigenvalue weighted by Crippen LogP contribution is 2.19. The molecule has 0 radical (unpaired) electrons. The molecule has 1 heterocycles. The van der Waals surface area contributed by atoms with Gasteiger partial charge in [0.2, 0.25) is 0 Å². The minimum Gasteiger partial charge on any atom is -0.491 e. The summed E-state index contributed by atoms with van der Waals surface area (Å²) >= 11 is 0. The predicted molar refractivity (Wildman–Crippen MR) is 113 cm³/mol. The molecule has 1 aromatic heterocycles. The zero-order chi connectivity index (χ0) is 20.6. The van der Waals surface area contributed by atoms with Crippen LogP contribution < -0.4 is 15.4 Å². The third-order valence-electron chi connectivity index (χ3n) is 4.47. The molecule has 1 unspecified atom stereocenters. The Labute approximate surface area is 170 Å². The number of nitrogens with one attached hydrogen (secondary N) is 2. The van der Waals surface area contributed by atoms with E-state index >= 15 is 0 Å². The summed E-state index contributed by atoms with van der Waals surface area (Å²) in [5.74, 6) is 0.540. The van der Waals surface area contributed by atoms with E-state index in [-0.39, 0.29) is 17.6 Å². The van der Waals surface area contributed by atoms with Crippen molar-refractivity contribution in [2.24, 2.45) is 4.99 Å². The van der Waals surface area contributed by atoms with Crippen molar-refractivity contribution in [2.75, 3.05) is 13.7 Å². The van der Waals surface area contributed by atoms with Crippen LogP contribution in [0, 0.1) is 5.82 Å². The zero-order valence-corrected chi connectivity index (χ0v) is 16.9. The summed E-state index contributed by atoms with van der Waals surface area (Å²) in [7, 11) is 1.71. The summed E-state index contributed by atoms with van der Waals surface area (Å²) in [6.07, 6.45) is 3.66. The van der Waals surface area contributed by atoms with E-state index in [1.54, 1.807) is 19.3 Å². The highest BCUT2D eigenvalue weighted by molar-refractivity contribution is 5.80. The lowest BCUT2D eigenvalue weighted by molar-refractivity contribution is 0.321. The third-order valence-corrected chi connectivity index (χ3v) is 4.47. The molecule has 0 bridgehead atoms. The average Bonchev–Trinajstić information content (AvgIpc) is 3.28. The summed E-state index contributed by atoms with van der Waals surface area (Å²) in [6, 6.07) is 15.0. The summed E-state index contributed by atoms with van der Waals surface area (Å²) in [5, 5.41) is 10.9. The lowest BCUT2D eigenvalue weighted by atomic mass is 10.1. The first-order valence-corrected chi connectivity index (χ1v) is 9.59. The van der Waals surface area contributed by atoms with E-state index in [0.717, 1.165) is 16.8 Å². The molecule has 3 aromatic rings. The van der Waals surface area contributed by atoms with Crippen LogP contribution in [0.5, 0.6) is 5.75 Å². The molecule has 152 valence electrons. The number of halogens is 1. The molecule has 0 aliphatic carbocycles. The van der Waals surface area contributed by atoms with Crippen molar-refractivity contribution in [3.8, 4) is 11.4 Å². The Morgan fingerprint density at radius 1 is 1.24 bits per heavy atom. The highest BCUT2D eigenvalue weighted by Gasteiger charge is 2.10. The number of aliphatic imine (C=N–C) groups is 1. The van der Waals surface area contributed by atoms with Crippen LogP contribution in [0.1, 0.15) is 31.0 Å². The van der Waals surface area contributed by atoms with Gasteiger partial charge < -0.3 is 15.4 Å². The van der Waals surface area contributed by atoms with E-state index in [0.29, 0.717) is 19.1 Å². The molecule has 29 heavy (non-hydrogen) atoms. The van der Waals surface area contributed by atoms with Gasteiger partial charge in [-0.2, -0.15) is 5.10 Å². The standard InChI is InChI=1S/C22H26FN5O/c1-4-29-21-10-9-17(13-20(21)23)15-25-22(24-3)27-16(2)18-7-5-8-19(14-18)28-12-6-11-26-28/h5-14,16H,4,15H2,1-3H3,(H2,24,25,27). The van der Waals surface area contributed by atoms with Crippen molar-refractivity contribution in [3.63, 3.8) is 0 Å². The number of aromatic nitrogens is 2. The first kappa shape index (κ1) is 20.4. The van der Waals surface area contributed by atoms with Crippen LogP contribution in [0.15, 0.2) is 65.9 Å². The fourth-order valence-corrected chi connectivity index (χ4v) is 2.95. The zero-order valence-electron chi connectivity index (χ0n) is 16.9. The van der Waals surface area contributed by atoms with Crippen LogP contribution in [0.4, 0.5) is 4.39 Å². The first-order chi connectivity index (χ1) is 14.1. The number of rotatable bonds is 7. The molecule has 7 heteroatoms. The Balaban J connectivity index is 1.61. The normalized spacial score (nSPS) is 12.5. The molecule has 0 aliphatic heterocycles. The van der Waals surface area contributed by atoms with Crippen molar-refractivity contribution >= 4 is 5.96 Å². The third kappa shape index (κ3) is 5.34. The maximum atomic E-state index is 14.0. The fraction of sp³-hybridized carbons (Fsp3) is 0.273. The molecule has 3 rings (SSSR count). The van der Waals surface area contributed by atoms with Crippen molar-refractivity contribution in [1.29, 1.82) is 0 Å². The number of hydrogen-bond donors (Lipinski definition) is 2. The minimum atomic E-state index is -0.363. The maximum Gasteiger partial charge on any atom is 0.191 e. The SMILES string of the molecule is CCOc1ccc(CNC(=NC)NC(C)c2cccc(-n3cccn3)c2)cc1F. The Kier molecular flexibility index (Phi) is 6.84. The molecule has 0 spiro atoms. The number of benzene rings is 2. The van der Waals surface area contributed by atoms with Crippen LogP contribution in [0.2, 0.25) is 0 Å². The second-order valence-corrected chi connectivity index (χ2v) is 6.54. The first-order valence-electron chi connectivity index (χ1n) is 9.59. The second kappa shape index (κ2) is 9.73. The van der Waals surface area contributed by atoms with Crippen molar-refractivity contribution < 1.29 is 9.13 Å². The Morgan fingerprint density at radius 3 is 2.79 bits per heavy atom. The fourth-order valence-electron chi connectivity index (χ4n) is 2.95. The molecule has 0 fully saturated rings. The predicted octanol–water partition coefficient (Wildman–Crippen LogP) is 3.84. The maximum absolute atomic E-state index is 14.0. The van der Waals surface area contributed by atoms with E-state index in [2.05, 4.69) is 39.8 Å². The van der Waals surface area contributed by atoms with E-state index in [1.807, 2.05) is 42.1 Å². The summed E-state index contributed by atoms with van der Waals surface area (Å²) < 4.78 is 21.1. The summed E-state index contributed by atoms with van der Waals surface area (Å²) in [4.78, 5) is 4.27. The Morgan fingerprint density at radius 2 is 2.10 bits per heavy atom. The lowest BCUT2D eigenvalue weighted by Crippen LogP contribution is -2.38. The van der Waals surface area contributed by atoms with Gasteiger partial charge in [-0.15, -0.1) is 0 Å². The van der Waals surface area contributed by atoms with Crippen molar-refractivity contribution in [3.05, 3.63) is 77.9 Å². The quantitative estimate of drug-likeness (QED) is 0.471. The van der Waals surface area contributed by atoms with Crippen molar-refractivity contribution in [2.45, 2.75) is 26.4 Å². The summed E-state index contributed by atoms with van der Waals surface area (Å²) in [5.41, 5.74) is 2.91. The second-order valence-electron chi connectivity index (χ2n) is 6.54. The molecular formula is C22H26FN5O. The van der Waals surface area contributed by atoms with Gasteiger partial charge in [0.05, 0.1) is 18.3 Å². The molecule has 0 saturated heterocycles. The van der Waals surface area contributed by atoms with Gasteiger partial charge in [-0.3, -0.25) is 4.99 Å². The van der Waals surface area contributed by atoms with E-state index < -0.39 is 0 Å². The molecule has 0 saturated carbocycles. The van der Waals surface area contributed by atoms with Gasteiger partial charge in [0.1, 0.15) is 0 Å². The summed E-state index contributed by atoms with van der Waals surface area (Å²) in [6.45, 7) is 4.77. The van der Waals surface area contributed by atoms with E-state index in [1.165, 1.54) is 6.07 Å². The molecule has 0 amide bonds. The lowest BCUT2D eigenvalue weighted by Gasteiger charge is -2.19. The van der Waals surface area contributed by atoms with E-state index in [9.17, 15) is 4.39 Å². The number of ether oxygens (including phenoxy) is 1. The van der Waals surface area contributed by atoms with Gasteiger partial charge in [-0.25, -0.2) is 9.07 Å². The van der Waals surface area contributed by atoms with Crippen molar-refractivity contribution in [1.82, 2.24) is 20.4 Å². The topological polar surface area (TPSA) is 63.5 Å². The van der Waals surface area contributed by atoms with Crippen LogP contribution in [-0.4, -0.2) is 29.4 Å². The van der Waals surface area contributed by atoms with E-state index in [4.69, 9.17) is 4.74 Å². The molecule has 2 aromatic carbocycles. The van der Waals surface area contributed by atoms with Gasteiger partial charge in [-0.05, 0) is 55.3 Å².